The van der Waals surface area contributed by atoms with Gasteiger partial charge in [-0.2, -0.15) is 5.26 Å². The minimum absolute atomic E-state index is 0.137. The molecule has 4 rings (SSSR count). The van der Waals surface area contributed by atoms with Gasteiger partial charge in [-0.25, -0.2) is 0 Å². The topological polar surface area (TPSA) is 92.8 Å². The predicted octanol–water partition coefficient (Wildman–Crippen LogP) is 5.21. The summed E-state index contributed by atoms with van der Waals surface area (Å²) in [6.07, 6.45) is 2.94. The molecule has 8 heteroatoms. The second kappa shape index (κ2) is 11.9. The van der Waals surface area contributed by atoms with Crippen molar-refractivity contribution < 1.29 is 9.53 Å². The normalized spacial score (nSPS) is 10.5. The van der Waals surface area contributed by atoms with Gasteiger partial charge < -0.3 is 10.1 Å². The van der Waals surface area contributed by atoms with Gasteiger partial charge in [-0.3, -0.25) is 9.36 Å². The SMILES string of the molecule is CCc1ccccc1-n1cnnc1SCC(=O)Nc1ccccc1COc1ccc(CC#N)cc1. The number of hydrogen-bond acceptors (Lipinski definition) is 6. The molecule has 0 bridgehead atoms. The number of nitrogens with one attached hydrogen (secondary N) is 1. The van der Waals surface area contributed by atoms with Gasteiger partial charge in [0, 0.05) is 11.3 Å². The first-order valence-corrected chi connectivity index (χ1v) is 12.2. The first-order chi connectivity index (χ1) is 17.2. The molecule has 0 radical (unpaired) electrons. The van der Waals surface area contributed by atoms with Gasteiger partial charge in [0.25, 0.3) is 0 Å². The minimum atomic E-state index is -0.137. The average Bonchev–Trinajstić information content (AvgIpc) is 3.36. The lowest BCUT2D eigenvalue weighted by molar-refractivity contribution is -0.113. The van der Waals surface area contributed by atoms with Crippen molar-refractivity contribution in [2.45, 2.75) is 31.5 Å². The zero-order chi connectivity index (χ0) is 24.5. The highest BCUT2D eigenvalue weighted by atomic mass is 32.2. The second-order valence-electron chi connectivity index (χ2n) is 7.73. The Labute approximate surface area is 208 Å². The maximum Gasteiger partial charge on any atom is 0.234 e. The number of rotatable bonds is 10. The molecule has 0 spiro atoms. The summed E-state index contributed by atoms with van der Waals surface area (Å²) in [5.41, 5.74) is 4.72. The fourth-order valence-electron chi connectivity index (χ4n) is 3.57. The van der Waals surface area contributed by atoms with Gasteiger partial charge in [0.05, 0.1) is 23.9 Å². The molecule has 1 amide bonds. The number of hydrogen-bond donors (Lipinski definition) is 1. The molecule has 4 aromatic rings. The van der Waals surface area contributed by atoms with E-state index in [1.807, 2.05) is 71.3 Å². The third-order valence-corrected chi connectivity index (χ3v) is 6.32. The van der Waals surface area contributed by atoms with Crippen molar-refractivity contribution in [2.24, 2.45) is 0 Å². The van der Waals surface area contributed by atoms with E-state index >= 15 is 0 Å². The Morgan fingerprint density at radius 2 is 1.80 bits per heavy atom. The number of para-hydroxylation sites is 2. The first-order valence-electron chi connectivity index (χ1n) is 11.3. The van der Waals surface area contributed by atoms with Crippen LogP contribution in [0, 0.1) is 11.3 Å². The average molecular weight is 484 g/mol. The molecule has 0 saturated heterocycles. The van der Waals surface area contributed by atoms with Crippen LogP contribution in [0.5, 0.6) is 5.75 Å². The number of carbonyl (C=O) groups excluding carboxylic acids is 1. The van der Waals surface area contributed by atoms with E-state index in [2.05, 4.69) is 34.6 Å². The summed E-state index contributed by atoms with van der Waals surface area (Å²) < 4.78 is 7.81. The number of benzene rings is 3. The van der Waals surface area contributed by atoms with E-state index < -0.39 is 0 Å². The summed E-state index contributed by atoms with van der Waals surface area (Å²) in [4.78, 5) is 12.7. The molecular formula is C27H25N5O2S. The molecule has 1 heterocycles. The van der Waals surface area contributed by atoms with Gasteiger partial charge in [-0.15, -0.1) is 10.2 Å². The highest BCUT2D eigenvalue weighted by Gasteiger charge is 2.13. The van der Waals surface area contributed by atoms with E-state index in [-0.39, 0.29) is 11.7 Å². The molecule has 0 unspecified atom stereocenters. The molecular weight excluding hydrogens is 458 g/mol. The minimum Gasteiger partial charge on any atom is -0.489 e. The molecule has 0 aliphatic rings. The Morgan fingerprint density at radius 3 is 2.57 bits per heavy atom. The summed E-state index contributed by atoms with van der Waals surface area (Å²) in [6, 6.07) is 25.2. The zero-order valence-corrected chi connectivity index (χ0v) is 20.2. The van der Waals surface area contributed by atoms with Crippen molar-refractivity contribution in [3.8, 4) is 17.5 Å². The summed E-state index contributed by atoms with van der Waals surface area (Å²) in [5, 5.41) is 20.7. The molecule has 0 aliphatic heterocycles. The van der Waals surface area contributed by atoms with E-state index in [1.165, 1.54) is 17.3 Å². The summed E-state index contributed by atoms with van der Waals surface area (Å²) in [6.45, 7) is 2.41. The Balaban J connectivity index is 1.37. The molecule has 176 valence electrons. The molecule has 7 nitrogen and oxygen atoms in total. The fraction of sp³-hybridized carbons (Fsp3) is 0.185. The van der Waals surface area contributed by atoms with Crippen molar-refractivity contribution in [1.29, 1.82) is 5.26 Å². The Kier molecular flexibility index (Phi) is 8.15. The number of aromatic nitrogens is 3. The smallest absolute Gasteiger partial charge is 0.234 e. The summed E-state index contributed by atoms with van der Waals surface area (Å²) in [5.74, 6) is 0.763. The van der Waals surface area contributed by atoms with Gasteiger partial charge in [0.2, 0.25) is 5.91 Å². The highest BCUT2D eigenvalue weighted by molar-refractivity contribution is 7.99. The van der Waals surface area contributed by atoms with Crippen LogP contribution in [-0.2, 0) is 24.2 Å². The standard InChI is InChI=1S/C27H25N5O2S/c1-2-21-7-4-6-10-25(21)32-19-29-31-27(32)35-18-26(33)30-24-9-5-3-8-22(24)17-34-23-13-11-20(12-14-23)15-16-28/h3-14,19H,2,15,17-18H2,1H3,(H,30,33). The molecule has 3 aromatic carbocycles. The second-order valence-corrected chi connectivity index (χ2v) is 8.67. The zero-order valence-electron chi connectivity index (χ0n) is 19.3. The third kappa shape index (κ3) is 6.28. The Morgan fingerprint density at radius 1 is 1.06 bits per heavy atom. The van der Waals surface area contributed by atoms with Crippen LogP contribution in [0.4, 0.5) is 5.69 Å². The summed E-state index contributed by atoms with van der Waals surface area (Å²) >= 11 is 1.34. The van der Waals surface area contributed by atoms with Crippen molar-refractivity contribution in [1.82, 2.24) is 14.8 Å². The number of nitriles is 1. The van der Waals surface area contributed by atoms with Crippen molar-refractivity contribution >= 4 is 23.4 Å². The maximum atomic E-state index is 12.7. The fourth-order valence-corrected chi connectivity index (χ4v) is 4.30. The van der Waals surface area contributed by atoms with Crippen molar-refractivity contribution in [3.05, 3.63) is 95.8 Å². The van der Waals surface area contributed by atoms with Gasteiger partial charge in [0.15, 0.2) is 5.16 Å². The summed E-state index contributed by atoms with van der Waals surface area (Å²) in [7, 11) is 0. The van der Waals surface area contributed by atoms with E-state index in [0.29, 0.717) is 29.6 Å². The maximum absolute atomic E-state index is 12.7. The number of carbonyl (C=O) groups is 1. The van der Waals surface area contributed by atoms with E-state index in [4.69, 9.17) is 10.00 Å². The lowest BCUT2D eigenvalue weighted by Gasteiger charge is -2.13. The van der Waals surface area contributed by atoms with Crippen LogP contribution in [0.15, 0.2) is 84.3 Å². The van der Waals surface area contributed by atoms with Crippen LogP contribution in [0.3, 0.4) is 0 Å². The number of amides is 1. The molecule has 0 saturated carbocycles. The molecule has 1 aromatic heterocycles. The molecule has 0 aliphatic carbocycles. The van der Waals surface area contributed by atoms with Gasteiger partial charge in [-0.05, 0) is 41.8 Å². The van der Waals surface area contributed by atoms with E-state index in [9.17, 15) is 4.79 Å². The van der Waals surface area contributed by atoms with Crippen LogP contribution in [0.1, 0.15) is 23.6 Å². The monoisotopic (exact) mass is 483 g/mol. The van der Waals surface area contributed by atoms with Crippen LogP contribution < -0.4 is 10.1 Å². The molecule has 0 atom stereocenters. The highest BCUT2D eigenvalue weighted by Crippen LogP contribution is 2.24. The van der Waals surface area contributed by atoms with Crippen LogP contribution in [0.25, 0.3) is 5.69 Å². The predicted molar refractivity (Wildman–Crippen MR) is 137 cm³/mol. The van der Waals surface area contributed by atoms with Crippen LogP contribution >= 0.6 is 11.8 Å². The third-order valence-electron chi connectivity index (χ3n) is 5.37. The number of nitrogens with zero attached hydrogens (tertiary/aromatic N) is 4. The largest absolute Gasteiger partial charge is 0.489 e. The van der Waals surface area contributed by atoms with Crippen molar-refractivity contribution in [3.63, 3.8) is 0 Å². The van der Waals surface area contributed by atoms with E-state index in [0.717, 1.165) is 23.2 Å². The van der Waals surface area contributed by atoms with Crippen LogP contribution in [-0.4, -0.2) is 26.4 Å². The molecule has 35 heavy (non-hydrogen) atoms. The lowest BCUT2D eigenvalue weighted by Crippen LogP contribution is -2.16. The lowest BCUT2D eigenvalue weighted by atomic mass is 10.1. The molecule has 1 N–H and O–H groups in total. The Bertz CT molecular complexity index is 1330. The van der Waals surface area contributed by atoms with Gasteiger partial charge in [0.1, 0.15) is 18.7 Å². The van der Waals surface area contributed by atoms with Crippen molar-refractivity contribution in [2.75, 3.05) is 11.1 Å². The first kappa shape index (κ1) is 24.0. The van der Waals surface area contributed by atoms with Gasteiger partial charge >= 0.3 is 0 Å². The van der Waals surface area contributed by atoms with E-state index in [1.54, 1.807) is 6.33 Å². The Hall–Kier alpha value is -4.09. The number of thioether (sulfide) groups is 1. The van der Waals surface area contributed by atoms with Crippen LogP contribution in [0.2, 0.25) is 0 Å². The molecule has 0 fully saturated rings. The quantitative estimate of drug-likeness (QED) is 0.312. The van der Waals surface area contributed by atoms with Gasteiger partial charge in [-0.1, -0.05) is 67.2 Å². The number of anilines is 1. The number of ether oxygens (including phenoxy) is 1. The number of aryl methyl sites for hydroxylation is 1.